The normalized spacial score (nSPS) is 15.6. The van der Waals surface area contributed by atoms with Crippen LogP contribution in [0.25, 0.3) is 5.65 Å². The molecule has 4 heterocycles. The summed E-state index contributed by atoms with van der Waals surface area (Å²) >= 11 is 0. The van der Waals surface area contributed by atoms with Crippen molar-refractivity contribution < 1.29 is 9.21 Å². The van der Waals surface area contributed by atoms with Crippen molar-refractivity contribution in [3.63, 3.8) is 0 Å². The highest BCUT2D eigenvalue weighted by atomic mass is 16.3. The summed E-state index contributed by atoms with van der Waals surface area (Å²) in [6.45, 7) is 3.03. The summed E-state index contributed by atoms with van der Waals surface area (Å²) < 4.78 is 6.96. The van der Waals surface area contributed by atoms with Crippen LogP contribution >= 0.6 is 0 Å². The third-order valence-corrected chi connectivity index (χ3v) is 4.72. The fraction of sp³-hybridized carbons (Fsp3) is 0.471. The Morgan fingerprint density at radius 2 is 2.00 bits per heavy atom. The van der Waals surface area contributed by atoms with E-state index < -0.39 is 0 Å². The molecule has 0 aromatic carbocycles. The van der Waals surface area contributed by atoms with E-state index in [4.69, 9.17) is 4.42 Å². The highest BCUT2D eigenvalue weighted by Gasteiger charge is 2.29. The number of aromatic nitrogens is 5. The van der Waals surface area contributed by atoms with E-state index in [-0.39, 0.29) is 11.8 Å². The molecule has 1 fully saturated rings. The van der Waals surface area contributed by atoms with Gasteiger partial charge in [0.15, 0.2) is 23.1 Å². The van der Waals surface area contributed by atoms with Crippen molar-refractivity contribution in [3.05, 3.63) is 35.8 Å². The minimum Gasteiger partial charge on any atom is -0.448 e. The van der Waals surface area contributed by atoms with Gasteiger partial charge in [-0.3, -0.25) is 4.79 Å². The van der Waals surface area contributed by atoms with Crippen LogP contribution in [-0.2, 0) is 0 Å². The van der Waals surface area contributed by atoms with Crippen molar-refractivity contribution in [1.82, 2.24) is 29.7 Å². The quantitative estimate of drug-likeness (QED) is 0.703. The van der Waals surface area contributed by atoms with Crippen LogP contribution in [0.1, 0.15) is 41.0 Å². The summed E-state index contributed by atoms with van der Waals surface area (Å²) in [5.74, 6) is 2.35. The predicted octanol–water partition coefficient (Wildman–Crippen LogP) is 1.51. The highest BCUT2D eigenvalue weighted by Crippen LogP contribution is 2.28. The van der Waals surface area contributed by atoms with Crippen molar-refractivity contribution in [2.75, 3.05) is 32.1 Å². The fourth-order valence-electron chi connectivity index (χ4n) is 3.25. The minimum absolute atomic E-state index is 0.0839. The van der Waals surface area contributed by atoms with Crippen molar-refractivity contribution in [2.45, 2.75) is 25.7 Å². The van der Waals surface area contributed by atoms with Gasteiger partial charge in [-0.25, -0.2) is 4.98 Å². The molecule has 0 radical (unpaired) electrons. The molecule has 1 aliphatic heterocycles. The first-order valence-corrected chi connectivity index (χ1v) is 8.64. The molecule has 0 spiro atoms. The third kappa shape index (κ3) is 2.89. The van der Waals surface area contributed by atoms with E-state index in [9.17, 15) is 4.79 Å². The van der Waals surface area contributed by atoms with E-state index in [0.717, 1.165) is 30.1 Å². The predicted molar refractivity (Wildman–Crippen MR) is 94.2 cm³/mol. The Morgan fingerprint density at radius 1 is 1.23 bits per heavy atom. The van der Waals surface area contributed by atoms with Gasteiger partial charge in [0.25, 0.3) is 5.91 Å². The molecule has 0 unspecified atom stereocenters. The maximum Gasteiger partial charge on any atom is 0.275 e. The molecule has 9 nitrogen and oxygen atoms in total. The smallest absolute Gasteiger partial charge is 0.275 e. The van der Waals surface area contributed by atoms with Crippen LogP contribution in [0.2, 0.25) is 0 Å². The molecule has 1 aliphatic rings. The van der Waals surface area contributed by atoms with Gasteiger partial charge >= 0.3 is 0 Å². The lowest BCUT2D eigenvalue weighted by Crippen LogP contribution is -2.38. The molecule has 0 aliphatic carbocycles. The zero-order valence-corrected chi connectivity index (χ0v) is 15.1. The average Bonchev–Trinajstić information content (AvgIpc) is 3.27. The molecule has 4 rings (SSSR count). The van der Waals surface area contributed by atoms with Crippen LogP contribution in [0.15, 0.2) is 22.8 Å². The number of fused-ring (bicyclic) bond motifs is 1. The highest BCUT2D eigenvalue weighted by molar-refractivity contribution is 5.92. The van der Waals surface area contributed by atoms with E-state index in [1.165, 1.54) is 6.26 Å². The second-order valence-electron chi connectivity index (χ2n) is 6.73. The Hall–Kier alpha value is -2.97. The van der Waals surface area contributed by atoms with Gasteiger partial charge in [-0.15, -0.1) is 15.3 Å². The molecular weight excluding hydrogens is 334 g/mol. The van der Waals surface area contributed by atoms with Gasteiger partial charge in [-0.2, -0.15) is 4.52 Å². The molecule has 3 aromatic heterocycles. The number of oxazole rings is 1. The van der Waals surface area contributed by atoms with Crippen LogP contribution < -0.4 is 4.90 Å². The van der Waals surface area contributed by atoms with Crippen molar-refractivity contribution in [2.24, 2.45) is 0 Å². The Kier molecular flexibility index (Phi) is 4.06. The molecule has 0 N–H and O–H groups in total. The summed E-state index contributed by atoms with van der Waals surface area (Å²) in [4.78, 5) is 20.4. The van der Waals surface area contributed by atoms with E-state index >= 15 is 0 Å². The number of nitrogens with zero attached hydrogens (tertiary/aromatic N) is 7. The first kappa shape index (κ1) is 16.5. The zero-order chi connectivity index (χ0) is 18.3. The Bertz CT molecular complexity index is 938. The largest absolute Gasteiger partial charge is 0.448 e. The number of hydrogen-bond acceptors (Lipinski definition) is 7. The second kappa shape index (κ2) is 6.40. The van der Waals surface area contributed by atoms with Crippen LogP contribution in [0, 0.1) is 6.92 Å². The number of hydrogen-bond donors (Lipinski definition) is 0. The van der Waals surface area contributed by atoms with Gasteiger partial charge in [-0.1, -0.05) is 0 Å². The molecule has 1 amide bonds. The van der Waals surface area contributed by atoms with Gasteiger partial charge in [0, 0.05) is 40.0 Å². The molecule has 0 atom stereocenters. The van der Waals surface area contributed by atoms with Crippen molar-refractivity contribution >= 4 is 17.4 Å². The molecule has 3 aromatic rings. The van der Waals surface area contributed by atoms with Gasteiger partial charge < -0.3 is 14.2 Å². The average molecular weight is 355 g/mol. The SMILES string of the molecule is Cc1nc(C(=O)N2CCC(c3nnc4ccc(N(C)C)nn34)CC2)co1. The minimum atomic E-state index is -0.0839. The van der Waals surface area contributed by atoms with Crippen LogP contribution in [0.5, 0.6) is 0 Å². The number of amides is 1. The Balaban J connectivity index is 1.50. The van der Waals surface area contributed by atoms with Crippen molar-refractivity contribution in [1.29, 1.82) is 0 Å². The zero-order valence-electron chi connectivity index (χ0n) is 15.1. The van der Waals surface area contributed by atoms with Gasteiger partial charge in [-0.05, 0) is 25.0 Å². The third-order valence-electron chi connectivity index (χ3n) is 4.72. The summed E-state index contributed by atoms with van der Waals surface area (Å²) in [6.07, 6.45) is 3.05. The molecule has 136 valence electrons. The number of likely N-dealkylation sites (tertiary alicyclic amines) is 1. The lowest BCUT2D eigenvalue weighted by molar-refractivity contribution is 0.0704. The molecule has 9 heteroatoms. The first-order valence-electron chi connectivity index (χ1n) is 8.64. The van der Waals surface area contributed by atoms with Gasteiger partial charge in [0.2, 0.25) is 0 Å². The fourth-order valence-corrected chi connectivity index (χ4v) is 3.25. The van der Waals surface area contributed by atoms with Gasteiger partial charge in [0.1, 0.15) is 12.1 Å². The number of carbonyl (C=O) groups excluding carboxylic acids is 1. The number of anilines is 1. The Labute approximate surface area is 150 Å². The molecule has 1 saturated heterocycles. The number of aryl methyl sites for hydroxylation is 1. The Morgan fingerprint density at radius 3 is 2.65 bits per heavy atom. The monoisotopic (exact) mass is 355 g/mol. The first-order chi connectivity index (χ1) is 12.5. The van der Waals surface area contributed by atoms with E-state index in [0.29, 0.717) is 24.7 Å². The lowest BCUT2D eigenvalue weighted by atomic mass is 9.96. The summed E-state index contributed by atoms with van der Waals surface area (Å²) in [7, 11) is 3.90. The molecule has 0 saturated carbocycles. The lowest BCUT2D eigenvalue weighted by Gasteiger charge is -2.30. The molecule has 0 bridgehead atoms. The molecular formula is C17H21N7O2. The van der Waals surface area contributed by atoms with Crippen molar-refractivity contribution in [3.8, 4) is 0 Å². The van der Waals surface area contributed by atoms with E-state index in [1.54, 1.807) is 6.92 Å². The summed E-state index contributed by atoms with van der Waals surface area (Å²) in [5, 5.41) is 13.2. The van der Waals surface area contributed by atoms with Crippen LogP contribution in [0.3, 0.4) is 0 Å². The van der Waals surface area contributed by atoms with E-state index in [1.807, 2.05) is 40.5 Å². The number of piperidine rings is 1. The standard InChI is InChI=1S/C17H21N7O2/c1-11-18-13(10-26-11)17(25)23-8-6-12(7-9-23)16-20-19-14-4-5-15(22(2)3)21-24(14)16/h4-5,10,12H,6-9H2,1-3H3. The topological polar surface area (TPSA) is 92.7 Å². The maximum atomic E-state index is 12.5. The number of carbonyl (C=O) groups is 1. The van der Waals surface area contributed by atoms with Crippen LogP contribution in [0.4, 0.5) is 5.82 Å². The number of rotatable bonds is 3. The second-order valence-corrected chi connectivity index (χ2v) is 6.73. The van der Waals surface area contributed by atoms with Gasteiger partial charge in [0.05, 0.1) is 0 Å². The summed E-state index contributed by atoms with van der Waals surface area (Å²) in [6, 6.07) is 3.85. The van der Waals surface area contributed by atoms with Crippen LogP contribution in [-0.4, -0.2) is 62.8 Å². The molecule has 26 heavy (non-hydrogen) atoms. The van der Waals surface area contributed by atoms with E-state index in [2.05, 4.69) is 20.3 Å². The summed E-state index contributed by atoms with van der Waals surface area (Å²) in [5.41, 5.74) is 1.10. The maximum absolute atomic E-state index is 12.5.